The van der Waals surface area contributed by atoms with Gasteiger partial charge in [0.2, 0.25) is 0 Å². The van der Waals surface area contributed by atoms with E-state index in [9.17, 15) is 5.11 Å². The molecule has 0 saturated heterocycles. The quantitative estimate of drug-likeness (QED) is 0.826. The maximum Gasteiger partial charge on any atom is 0.126 e. The normalized spacial score (nSPS) is 33.8. The minimum Gasteiger partial charge on any atom is -0.487 e. The first-order valence-corrected chi connectivity index (χ1v) is 6.48. The number of aliphatic hydroxyl groups is 1. The van der Waals surface area contributed by atoms with Gasteiger partial charge in [0.05, 0.1) is 6.10 Å². The number of hydrogen-bond acceptors (Lipinski definition) is 2. The average molecular weight is 253 g/mol. The van der Waals surface area contributed by atoms with Gasteiger partial charge in [-0.1, -0.05) is 18.5 Å². The molecular weight excluding hydrogens is 236 g/mol. The van der Waals surface area contributed by atoms with Crippen LogP contribution in [0.25, 0.3) is 0 Å². The van der Waals surface area contributed by atoms with E-state index in [1.165, 1.54) is 12.8 Å². The van der Waals surface area contributed by atoms with E-state index in [1.54, 1.807) is 6.07 Å². The number of ether oxygens (including phenoxy) is 1. The molecule has 1 aromatic rings. The largest absolute Gasteiger partial charge is 0.487 e. The highest BCUT2D eigenvalue weighted by Gasteiger charge is 2.57. The predicted octanol–water partition coefficient (Wildman–Crippen LogP) is 3.71. The molecule has 2 unspecified atom stereocenters. The van der Waals surface area contributed by atoms with Crippen LogP contribution in [0.2, 0.25) is 5.02 Å². The third-order valence-electron chi connectivity index (χ3n) is 4.53. The minimum atomic E-state index is -0.472. The van der Waals surface area contributed by atoms with Crippen molar-refractivity contribution in [2.45, 2.75) is 44.8 Å². The van der Waals surface area contributed by atoms with Crippen molar-refractivity contribution < 1.29 is 9.84 Å². The second-order valence-electron chi connectivity index (χ2n) is 5.80. The number of halogens is 1. The van der Waals surface area contributed by atoms with Gasteiger partial charge >= 0.3 is 0 Å². The molecule has 0 bridgehead atoms. The van der Waals surface area contributed by atoms with Crippen molar-refractivity contribution in [2.75, 3.05) is 0 Å². The zero-order chi connectivity index (χ0) is 12.3. The zero-order valence-corrected chi connectivity index (χ0v) is 10.9. The Kier molecular flexibility index (Phi) is 2.27. The summed E-state index contributed by atoms with van der Waals surface area (Å²) < 4.78 is 6.15. The molecule has 1 aliphatic carbocycles. The van der Waals surface area contributed by atoms with Gasteiger partial charge in [0.15, 0.2) is 0 Å². The molecule has 1 aliphatic heterocycles. The molecule has 2 atom stereocenters. The molecule has 0 spiro atoms. The van der Waals surface area contributed by atoms with E-state index >= 15 is 0 Å². The molecule has 92 valence electrons. The third-order valence-corrected chi connectivity index (χ3v) is 4.76. The highest BCUT2D eigenvalue weighted by molar-refractivity contribution is 6.30. The van der Waals surface area contributed by atoms with Crippen LogP contribution in [0, 0.1) is 5.41 Å². The maximum absolute atomic E-state index is 10.3. The molecule has 3 heteroatoms. The molecule has 1 aromatic carbocycles. The van der Waals surface area contributed by atoms with Gasteiger partial charge in [-0.25, -0.2) is 0 Å². The van der Waals surface area contributed by atoms with Crippen LogP contribution in [0.4, 0.5) is 0 Å². The lowest BCUT2D eigenvalue weighted by Gasteiger charge is -2.42. The van der Waals surface area contributed by atoms with Gasteiger partial charge in [-0.2, -0.15) is 0 Å². The second kappa shape index (κ2) is 3.39. The summed E-state index contributed by atoms with van der Waals surface area (Å²) in [4.78, 5) is 0. The highest BCUT2D eigenvalue weighted by Crippen LogP contribution is 2.59. The molecule has 1 heterocycles. The lowest BCUT2D eigenvalue weighted by Crippen LogP contribution is -2.45. The Hall–Kier alpha value is -0.730. The summed E-state index contributed by atoms with van der Waals surface area (Å²) in [6.07, 6.45) is 2.54. The molecule has 2 aliphatic rings. The van der Waals surface area contributed by atoms with Gasteiger partial charge in [-0.15, -0.1) is 0 Å². The van der Waals surface area contributed by atoms with Crippen LogP contribution >= 0.6 is 11.6 Å². The van der Waals surface area contributed by atoms with Crippen LogP contribution in [-0.2, 0) is 0 Å². The molecule has 2 nitrogen and oxygen atoms in total. The number of fused-ring (bicyclic) bond motifs is 1. The SMILES string of the molecule is CC1(C2(C)CC(O)c3cc(Cl)ccc3O2)CC1. The molecule has 0 radical (unpaired) electrons. The third kappa shape index (κ3) is 1.66. The van der Waals surface area contributed by atoms with Crippen LogP contribution < -0.4 is 4.74 Å². The Morgan fingerprint density at radius 1 is 1.35 bits per heavy atom. The highest BCUT2D eigenvalue weighted by atomic mass is 35.5. The summed E-state index contributed by atoms with van der Waals surface area (Å²) in [5, 5.41) is 10.9. The van der Waals surface area contributed by atoms with Crippen LogP contribution in [0.1, 0.15) is 44.8 Å². The molecular formula is C14H17ClO2. The van der Waals surface area contributed by atoms with Crippen LogP contribution in [0.5, 0.6) is 5.75 Å². The van der Waals surface area contributed by atoms with Crippen LogP contribution in [-0.4, -0.2) is 10.7 Å². The molecule has 1 saturated carbocycles. The van der Waals surface area contributed by atoms with Crippen molar-refractivity contribution in [1.29, 1.82) is 0 Å². The smallest absolute Gasteiger partial charge is 0.126 e. The van der Waals surface area contributed by atoms with Crippen molar-refractivity contribution in [3.63, 3.8) is 0 Å². The fourth-order valence-corrected chi connectivity index (χ4v) is 2.90. The summed E-state index contributed by atoms with van der Waals surface area (Å²) in [6.45, 7) is 4.35. The van der Waals surface area contributed by atoms with E-state index in [-0.39, 0.29) is 11.0 Å². The number of benzene rings is 1. The van der Waals surface area contributed by atoms with Crippen molar-refractivity contribution in [2.24, 2.45) is 5.41 Å². The van der Waals surface area contributed by atoms with E-state index in [0.717, 1.165) is 11.3 Å². The van der Waals surface area contributed by atoms with Crippen LogP contribution in [0.15, 0.2) is 18.2 Å². The molecule has 3 rings (SSSR count). The summed E-state index contributed by atoms with van der Waals surface area (Å²) in [6, 6.07) is 5.48. The molecule has 0 aromatic heterocycles. The average Bonchev–Trinajstić information content (AvgIpc) is 3.00. The first-order valence-electron chi connectivity index (χ1n) is 6.10. The molecule has 17 heavy (non-hydrogen) atoms. The summed E-state index contributed by atoms with van der Waals surface area (Å²) >= 11 is 5.95. The molecule has 0 amide bonds. The standard InChI is InChI=1S/C14H17ClO2/c1-13(5-6-13)14(2)8-11(16)10-7-9(15)3-4-12(10)17-14/h3-4,7,11,16H,5-6,8H2,1-2H3. The van der Waals surface area contributed by atoms with E-state index in [0.29, 0.717) is 11.4 Å². The summed E-state index contributed by atoms with van der Waals surface area (Å²) in [7, 11) is 0. The minimum absolute atomic E-state index is 0.214. The fourth-order valence-electron chi connectivity index (χ4n) is 2.72. The first-order chi connectivity index (χ1) is 7.94. The molecule has 1 N–H and O–H groups in total. The lowest BCUT2D eigenvalue weighted by molar-refractivity contribution is -0.0472. The Balaban J connectivity index is 2.01. The lowest BCUT2D eigenvalue weighted by atomic mass is 9.79. The van der Waals surface area contributed by atoms with Crippen LogP contribution in [0.3, 0.4) is 0 Å². The molecule has 1 fully saturated rings. The monoisotopic (exact) mass is 252 g/mol. The number of aliphatic hydroxyl groups excluding tert-OH is 1. The first kappa shape index (κ1) is 11.4. The fraction of sp³-hybridized carbons (Fsp3) is 0.571. The summed E-state index contributed by atoms with van der Waals surface area (Å²) in [5.41, 5.74) is 0.776. The van der Waals surface area contributed by atoms with E-state index in [4.69, 9.17) is 16.3 Å². The van der Waals surface area contributed by atoms with Gasteiger partial charge < -0.3 is 9.84 Å². The Morgan fingerprint density at radius 3 is 2.71 bits per heavy atom. The van der Waals surface area contributed by atoms with E-state index < -0.39 is 6.10 Å². The Morgan fingerprint density at radius 2 is 2.06 bits per heavy atom. The van der Waals surface area contributed by atoms with Crippen molar-refractivity contribution in [1.82, 2.24) is 0 Å². The van der Waals surface area contributed by atoms with Gasteiger partial charge in [0.25, 0.3) is 0 Å². The maximum atomic E-state index is 10.3. The number of rotatable bonds is 1. The van der Waals surface area contributed by atoms with E-state index in [2.05, 4.69) is 13.8 Å². The second-order valence-corrected chi connectivity index (χ2v) is 6.23. The van der Waals surface area contributed by atoms with Gasteiger partial charge in [0.1, 0.15) is 11.4 Å². The predicted molar refractivity (Wildman–Crippen MR) is 67.4 cm³/mol. The zero-order valence-electron chi connectivity index (χ0n) is 10.2. The number of hydrogen-bond donors (Lipinski definition) is 1. The van der Waals surface area contributed by atoms with Crippen molar-refractivity contribution in [3.05, 3.63) is 28.8 Å². The topological polar surface area (TPSA) is 29.5 Å². The van der Waals surface area contributed by atoms with E-state index in [1.807, 2.05) is 12.1 Å². The van der Waals surface area contributed by atoms with Gasteiger partial charge in [0, 0.05) is 22.4 Å². The Bertz CT molecular complexity index is 467. The van der Waals surface area contributed by atoms with Crippen molar-refractivity contribution >= 4 is 11.6 Å². The summed E-state index contributed by atoms with van der Waals surface area (Å²) in [5.74, 6) is 0.781. The van der Waals surface area contributed by atoms with Gasteiger partial charge in [-0.05, 0) is 38.0 Å². The van der Waals surface area contributed by atoms with Crippen molar-refractivity contribution in [3.8, 4) is 5.75 Å². The van der Waals surface area contributed by atoms with Gasteiger partial charge in [-0.3, -0.25) is 0 Å². The Labute approximate surface area is 107 Å².